The van der Waals surface area contributed by atoms with Crippen LogP contribution in [0.2, 0.25) is 0 Å². The Bertz CT molecular complexity index is 1040. The number of carbonyl (C=O) groups is 2. The first-order valence-corrected chi connectivity index (χ1v) is 9.79. The first kappa shape index (κ1) is 19.7. The van der Waals surface area contributed by atoms with Crippen molar-refractivity contribution >= 4 is 39.2 Å². The van der Waals surface area contributed by atoms with E-state index in [4.69, 9.17) is 4.74 Å². The van der Waals surface area contributed by atoms with Crippen molar-refractivity contribution in [2.24, 2.45) is 0 Å². The number of aromatic nitrogens is 3. The summed E-state index contributed by atoms with van der Waals surface area (Å²) in [6.45, 7) is 2.46. The van der Waals surface area contributed by atoms with Crippen molar-refractivity contribution in [1.29, 1.82) is 0 Å². The number of carbonyl (C=O) groups excluding carboxylic acids is 2. The van der Waals surface area contributed by atoms with Crippen molar-refractivity contribution < 1.29 is 14.3 Å². The van der Waals surface area contributed by atoms with Gasteiger partial charge >= 0.3 is 5.97 Å². The minimum atomic E-state index is -0.347. The Balaban J connectivity index is 1.50. The van der Waals surface area contributed by atoms with Gasteiger partial charge in [0.05, 0.1) is 36.0 Å². The summed E-state index contributed by atoms with van der Waals surface area (Å²) >= 11 is 1.26. The Morgan fingerprint density at radius 3 is 2.93 bits per heavy atom. The molecule has 3 rings (SSSR count). The van der Waals surface area contributed by atoms with Gasteiger partial charge in [-0.3, -0.25) is 19.0 Å². The van der Waals surface area contributed by atoms with Gasteiger partial charge in [-0.2, -0.15) is 0 Å². The lowest BCUT2D eigenvalue weighted by atomic mass is 10.2. The summed E-state index contributed by atoms with van der Waals surface area (Å²) in [6.07, 6.45) is 2.32. The Hall–Kier alpha value is -3.07. The summed E-state index contributed by atoms with van der Waals surface area (Å²) in [6, 6.07) is 7.16. The maximum atomic E-state index is 12.4. The molecular weight excluding hydrogens is 380 g/mol. The van der Waals surface area contributed by atoms with Gasteiger partial charge in [0.25, 0.3) is 5.56 Å². The number of aryl methyl sites for hydroxylation is 1. The quantitative estimate of drug-likeness (QED) is 0.582. The topological polar surface area (TPSA) is 103 Å². The number of esters is 1. The molecule has 0 spiro atoms. The zero-order valence-corrected chi connectivity index (χ0v) is 16.2. The maximum absolute atomic E-state index is 12.4. The van der Waals surface area contributed by atoms with Crippen molar-refractivity contribution in [1.82, 2.24) is 14.5 Å². The van der Waals surface area contributed by atoms with E-state index in [1.54, 1.807) is 30.5 Å². The lowest BCUT2D eigenvalue weighted by Crippen LogP contribution is -2.21. The van der Waals surface area contributed by atoms with E-state index in [0.29, 0.717) is 41.3 Å². The van der Waals surface area contributed by atoms with Gasteiger partial charge in [0.1, 0.15) is 0 Å². The summed E-state index contributed by atoms with van der Waals surface area (Å²) in [7, 11) is 0. The van der Waals surface area contributed by atoms with E-state index >= 15 is 0 Å². The molecule has 8 nitrogen and oxygen atoms in total. The summed E-state index contributed by atoms with van der Waals surface area (Å²) in [5.74, 6) is -0.543. The van der Waals surface area contributed by atoms with Crippen LogP contribution in [0.3, 0.4) is 0 Å². The van der Waals surface area contributed by atoms with Crippen LogP contribution in [0.5, 0.6) is 0 Å². The van der Waals surface area contributed by atoms with Gasteiger partial charge in [-0.15, -0.1) is 11.3 Å². The number of para-hydroxylation sites is 1. The highest BCUT2D eigenvalue weighted by atomic mass is 32.1. The zero-order valence-electron chi connectivity index (χ0n) is 15.4. The summed E-state index contributed by atoms with van der Waals surface area (Å²) in [4.78, 5) is 44.4. The number of hydrogen-bond acceptors (Lipinski definition) is 7. The van der Waals surface area contributed by atoms with Crippen molar-refractivity contribution in [2.45, 2.75) is 32.7 Å². The van der Waals surface area contributed by atoms with Crippen LogP contribution in [0.1, 0.15) is 25.5 Å². The molecule has 146 valence electrons. The van der Waals surface area contributed by atoms with Gasteiger partial charge in [0.15, 0.2) is 5.13 Å². The molecule has 2 heterocycles. The van der Waals surface area contributed by atoms with E-state index in [-0.39, 0.29) is 30.3 Å². The van der Waals surface area contributed by atoms with Gasteiger partial charge in [-0.25, -0.2) is 9.97 Å². The average molecular weight is 400 g/mol. The summed E-state index contributed by atoms with van der Waals surface area (Å²) in [5.41, 5.74) is 1.10. The van der Waals surface area contributed by atoms with Crippen molar-refractivity contribution in [2.75, 3.05) is 11.9 Å². The second kappa shape index (κ2) is 9.23. The fourth-order valence-electron chi connectivity index (χ4n) is 2.66. The van der Waals surface area contributed by atoms with Crippen LogP contribution in [0.25, 0.3) is 10.9 Å². The highest BCUT2D eigenvalue weighted by Crippen LogP contribution is 2.16. The smallest absolute Gasteiger partial charge is 0.311 e. The molecule has 0 aliphatic carbocycles. The van der Waals surface area contributed by atoms with Crippen LogP contribution >= 0.6 is 11.3 Å². The van der Waals surface area contributed by atoms with Crippen LogP contribution in [-0.2, 0) is 27.3 Å². The van der Waals surface area contributed by atoms with Crippen molar-refractivity contribution in [3.63, 3.8) is 0 Å². The first-order valence-electron chi connectivity index (χ1n) is 8.91. The average Bonchev–Trinajstić information content (AvgIpc) is 3.10. The molecule has 2 aromatic heterocycles. The van der Waals surface area contributed by atoms with E-state index in [1.807, 2.05) is 6.07 Å². The zero-order chi connectivity index (χ0) is 19.9. The van der Waals surface area contributed by atoms with E-state index in [1.165, 1.54) is 22.2 Å². The van der Waals surface area contributed by atoms with Gasteiger partial charge in [-0.1, -0.05) is 12.1 Å². The largest absolute Gasteiger partial charge is 0.466 e. The highest BCUT2D eigenvalue weighted by molar-refractivity contribution is 7.13. The number of thiazole rings is 1. The van der Waals surface area contributed by atoms with E-state index < -0.39 is 0 Å². The third kappa shape index (κ3) is 5.01. The second-order valence-electron chi connectivity index (χ2n) is 6.04. The minimum absolute atomic E-state index is 0.0814. The molecule has 0 unspecified atom stereocenters. The molecule has 0 fully saturated rings. The molecule has 0 saturated carbocycles. The van der Waals surface area contributed by atoms with Gasteiger partial charge < -0.3 is 10.1 Å². The number of rotatable bonds is 8. The predicted octanol–water partition coefficient (Wildman–Crippen LogP) is 2.38. The normalized spacial score (nSPS) is 10.8. The lowest BCUT2D eigenvalue weighted by Gasteiger charge is -2.06. The number of amides is 1. The molecular formula is C19H20N4O4S. The molecule has 1 amide bonds. The van der Waals surface area contributed by atoms with Crippen LogP contribution in [-0.4, -0.2) is 33.0 Å². The van der Waals surface area contributed by atoms with E-state index in [2.05, 4.69) is 15.3 Å². The Labute approximate surface area is 165 Å². The third-order valence-corrected chi connectivity index (χ3v) is 4.77. The molecule has 28 heavy (non-hydrogen) atoms. The molecule has 0 saturated heterocycles. The van der Waals surface area contributed by atoms with E-state index in [0.717, 1.165) is 0 Å². The molecule has 1 aromatic carbocycles. The number of anilines is 1. The minimum Gasteiger partial charge on any atom is -0.466 e. The molecule has 0 aliphatic rings. The number of nitrogens with one attached hydrogen (secondary N) is 1. The Morgan fingerprint density at radius 1 is 1.29 bits per heavy atom. The fourth-order valence-corrected chi connectivity index (χ4v) is 3.39. The monoisotopic (exact) mass is 400 g/mol. The first-order chi connectivity index (χ1) is 13.6. The maximum Gasteiger partial charge on any atom is 0.311 e. The molecule has 0 atom stereocenters. The number of hydrogen-bond donors (Lipinski definition) is 1. The molecule has 9 heteroatoms. The Morgan fingerprint density at radius 2 is 2.11 bits per heavy atom. The molecule has 3 aromatic rings. The number of ether oxygens (including phenoxy) is 1. The number of nitrogens with zero attached hydrogens (tertiary/aromatic N) is 3. The third-order valence-electron chi connectivity index (χ3n) is 3.96. The molecule has 0 aliphatic heterocycles. The fraction of sp³-hybridized carbons (Fsp3) is 0.316. The number of benzene rings is 1. The summed E-state index contributed by atoms with van der Waals surface area (Å²) in [5, 5.41) is 5.43. The molecule has 1 N–H and O–H groups in total. The van der Waals surface area contributed by atoms with Crippen LogP contribution in [0, 0.1) is 0 Å². The molecule has 0 bridgehead atoms. The van der Waals surface area contributed by atoms with Crippen LogP contribution in [0.15, 0.2) is 40.8 Å². The number of fused-ring (bicyclic) bond motifs is 1. The van der Waals surface area contributed by atoms with Crippen molar-refractivity contribution in [3.05, 3.63) is 52.0 Å². The summed E-state index contributed by atoms with van der Waals surface area (Å²) < 4.78 is 6.38. The van der Waals surface area contributed by atoms with Crippen LogP contribution < -0.4 is 10.9 Å². The standard InChI is InChI=1S/C19H20N4O4S/c1-2-27-17(25)10-13-11-28-19(21-13)22-16(24)8-5-9-23-12-20-15-7-4-3-6-14(15)18(23)26/h3-4,6-7,11-12H,2,5,8-10H2,1H3,(H,21,22,24). The van der Waals surface area contributed by atoms with Crippen LogP contribution in [0.4, 0.5) is 5.13 Å². The lowest BCUT2D eigenvalue weighted by molar-refractivity contribution is -0.142. The van der Waals surface area contributed by atoms with Gasteiger partial charge in [0, 0.05) is 18.3 Å². The molecule has 0 radical (unpaired) electrons. The highest BCUT2D eigenvalue weighted by Gasteiger charge is 2.11. The second-order valence-corrected chi connectivity index (χ2v) is 6.90. The Kier molecular flexibility index (Phi) is 6.49. The van der Waals surface area contributed by atoms with Gasteiger partial charge in [-0.05, 0) is 25.5 Å². The van der Waals surface area contributed by atoms with E-state index in [9.17, 15) is 14.4 Å². The predicted molar refractivity (Wildman–Crippen MR) is 106 cm³/mol. The van der Waals surface area contributed by atoms with Gasteiger partial charge in [0.2, 0.25) is 5.91 Å². The van der Waals surface area contributed by atoms with Crippen molar-refractivity contribution in [3.8, 4) is 0 Å². The SMILES string of the molecule is CCOC(=O)Cc1csc(NC(=O)CCCn2cnc3ccccc3c2=O)n1.